The fourth-order valence-electron chi connectivity index (χ4n) is 2.70. The molecule has 2 aliphatic rings. The lowest BCUT2D eigenvalue weighted by Crippen LogP contribution is -2.42. The number of hydrogen-bond donors (Lipinski definition) is 1. The summed E-state index contributed by atoms with van der Waals surface area (Å²) in [4.78, 5) is 59.7. The number of likely N-dealkylation sites (tertiary alicyclic amines) is 1. The van der Waals surface area contributed by atoms with Crippen LogP contribution in [0.1, 0.15) is 19.8 Å². The van der Waals surface area contributed by atoms with Crippen molar-refractivity contribution in [2.75, 3.05) is 13.7 Å². The summed E-state index contributed by atoms with van der Waals surface area (Å²) in [5.41, 5.74) is 0. The van der Waals surface area contributed by atoms with E-state index in [2.05, 4.69) is 4.74 Å². The first kappa shape index (κ1) is 17.6. The fourth-order valence-corrected chi connectivity index (χ4v) is 2.70. The highest BCUT2D eigenvalue weighted by molar-refractivity contribution is 6.07. The Kier molecular flexibility index (Phi) is 5.32. The molecule has 0 radical (unpaired) electrons. The molecule has 4 amide bonds. The van der Waals surface area contributed by atoms with E-state index in [1.807, 2.05) is 17.5 Å². The predicted octanol–water partition coefficient (Wildman–Crippen LogP) is -0.248. The number of fused-ring (bicyclic) bond motifs is 1. The molecule has 0 bridgehead atoms. The van der Waals surface area contributed by atoms with Gasteiger partial charge in [-0.3, -0.25) is 29.4 Å². The first-order valence-electron chi connectivity index (χ1n) is 7.43. The Morgan fingerprint density at radius 2 is 1.75 bits per heavy atom. The molecule has 9 nitrogen and oxygen atoms in total. The van der Waals surface area contributed by atoms with Gasteiger partial charge in [-0.1, -0.05) is 12.2 Å². The third-order valence-corrected chi connectivity index (χ3v) is 3.97. The summed E-state index contributed by atoms with van der Waals surface area (Å²) in [6, 6.07) is 0. The monoisotopic (exact) mass is 338 g/mol. The molecule has 0 saturated carbocycles. The van der Waals surface area contributed by atoms with Crippen LogP contribution in [0.5, 0.6) is 0 Å². The number of esters is 1. The highest BCUT2D eigenvalue weighted by atomic mass is 16.6. The van der Waals surface area contributed by atoms with Gasteiger partial charge in [0.2, 0.25) is 11.8 Å². The van der Waals surface area contributed by atoms with Crippen LogP contribution in [0.15, 0.2) is 12.2 Å². The molecule has 24 heavy (non-hydrogen) atoms. The molecule has 0 spiro atoms. The van der Waals surface area contributed by atoms with Crippen molar-refractivity contribution < 1.29 is 33.4 Å². The van der Waals surface area contributed by atoms with Gasteiger partial charge >= 0.3 is 12.1 Å². The molecule has 3 atom stereocenters. The zero-order valence-electron chi connectivity index (χ0n) is 13.3. The average Bonchev–Trinajstić information content (AvgIpc) is 2.80. The van der Waals surface area contributed by atoms with Gasteiger partial charge in [-0.15, -0.1) is 0 Å². The normalized spacial score (nSPS) is 23.5. The van der Waals surface area contributed by atoms with Crippen molar-refractivity contribution in [3.63, 3.8) is 0 Å². The first-order chi connectivity index (χ1) is 11.3. The standard InChI is InChI=1S/C15H18N2O7/c1-8(12(19)16-15(22)23-2)24-11(18)7-17-13(20)9-5-3-4-6-10(9)14(17)21/h3-4,8-10H,5-7H2,1-2H3,(H,16,19,22)/t8-,9-,10-/m0/s1. The van der Waals surface area contributed by atoms with E-state index in [4.69, 9.17) is 4.74 Å². The van der Waals surface area contributed by atoms with Gasteiger partial charge in [0, 0.05) is 0 Å². The third-order valence-electron chi connectivity index (χ3n) is 3.97. The number of ether oxygens (including phenoxy) is 2. The van der Waals surface area contributed by atoms with Crippen LogP contribution in [0.25, 0.3) is 0 Å². The van der Waals surface area contributed by atoms with Crippen molar-refractivity contribution in [2.45, 2.75) is 25.9 Å². The topological polar surface area (TPSA) is 119 Å². The number of amides is 4. The van der Waals surface area contributed by atoms with Crippen LogP contribution in [0.2, 0.25) is 0 Å². The Labute approximate surface area is 137 Å². The maximum atomic E-state index is 12.2. The zero-order chi connectivity index (χ0) is 17.9. The molecule has 1 saturated heterocycles. The maximum absolute atomic E-state index is 12.2. The number of nitrogens with zero attached hydrogens (tertiary/aromatic N) is 1. The highest BCUT2D eigenvalue weighted by Crippen LogP contribution is 2.34. The number of imide groups is 2. The fraction of sp³-hybridized carbons (Fsp3) is 0.533. The predicted molar refractivity (Wildman–Crippen MR) is 78.2 cm³/mol. The van der Waals surface area contributed by atoms with Crippen LogP contribution >= 0.6 is 0 Å². The number of nitrogens with one attached hydrogen (secondary N) is 1. The lowest BCUT2D eigenvalue weighted by atomic mass is 9.85. The van der Waals surface area contributed by atoms with E-state index in [0.717, 1.165) is 12.0 Å². The second-order valence-corrected chi connectivity index (χ2v) is 5.53. The van der Waals surface area contributed by atoms with Crippen LogP contribution in [-0.4, -0.2) is 54.4 Å². The van der Waals surface area contributed by atoms with Crippen LogP contribution in [0, 0.1) is 11.8 Å². The number of allylic oxidation sites excluding steroid dienone is 2. The largest absolute Gasteiger partial charge is 0.453 e. The Hall–Kier alpha value is -2.71. The van der Waals surface area contributed by atoms with Crippen molar-refractivity contribution >= 4 is 29.8 Å². The molecule has 1 N–H and O–H groups in total. The number of carbonyl (C=O) groups excluding carboxylic acids is 5. The molecular formula is C15H18N2O7. The van der Waals surface area contributed by atoms with Crippen molar-refractivity contribution in [3.8, 4) is 0 Å². The number of hydrogen-bond acceptors (Lipinski definition) is 7. The van der Waals surface area contributed by atoms with E-state index in [1.165, 1.54) is 6.92 Å². The molecule has 130 valence electrons. The molecular weight excluding hydrogens is 320 g/mol. The van der Waals surface area contributed by atoms with E-state index < -0.39 is 54.3 Å². The molecule has 0 unspecified atom stereocenters. The molecule has 1 aliphatic heterocycles. The minimum absolute atomic E-state index is 0.405. The van der Waals surface area contributed by atoms with E-state index >= 15 is 0 Å². The van der Waals surface area contributed by atoms with E-state index in [-0.39, 0.29) is 0 Å². The number of alkyl carbamates (subject to hydrolysis) is 1. The Morgan fingerprint density at radius 1 is 1.21 bits per heavy atom. The summed E-state index contributed by atoms with van der Waals surface area (Å²) in [7, 11) is 1.08. The van der Waals surface area contributed by atoms with E-state index in [0.29, 0.717) is 12.8 Å². The smallest absolute Gasteiger partial charge is 0.413 e. The minimum atomic E-state index is -1.27. The van der Waals surface area contributed by atoms with Crippen molar-refractivity contribution in [2.24, 2.45) is 11.8 Å². The Balaban J connectivity index is 1.90. The van der Waals surface area contributed by atoms with E-state index in [9.17, 15) is 24.0 Å². The Morgan fingerprint density at radius 3 is 2.25 bits per heavy atom. The van der Waals surface area contributed by atoms with Gasteiger partial charge in [0.05, 0.1) is 18.9 Å². The second kappa shape index (κ2) is 7.24. The van der Waals surface area contributed by atoms with Gasteiger partial charge in [-0.05, 0) is 19.8 Å². The second-order valence-electron chi connectivity index (χ2n) is 5.53. The van der Waals surface area contributed by atoms with Gasteiger partial charge in [0.1, 0.15) is 6.54 Å². The Bertz CT molecular complexity index is 587. The van der Waals surface area contributed by atoms with Gasteiger partial charge < -0.3 is 9.47 Å². The van der Waals surface area contributed by atoms with Crippen molar-refractivity contribution in [1.29, 1.82) is 0 Å². The molecule has 0 aromatic rings. The van der Waals surface area contributed by atoms with E-state index in [1.54, 1.807) is 0 Å². The van der Waals surface area contributed by atoms with Gasteiger partial charge in [0.15, 0.2) is 6.10 Å². The van der Waals surface area contributed by atoms with Gasteiger partial charge in [-0.25, -0.2) is 4.79 Å². The molecule has 1 fully saturated rings. The first-order valence-corrected chi connectivity index (χ1v) is 7.43. The summed E-state index contributed by atoms with van der Waals surface area (Å²) >= 11 is 0. The zero-order valence-corrected chi connectivity index (χ0v) is 13.3. The number of methoxy groups -OCH3 is 1. The van der Waals surface area contributed by atoms with Gasteiger partial charge in [0.25, 0.3) is 5.91 Å². The number of carbonyl (C=O) groups is 5. The summed E-state index contributed by atoms with van der Waals surface area (Å²) in [6.07, 6.45) is 2.37. The SMILES string of the molecule is COC(=O)NC(=O)[C@H](C)OC(=O)CN1C(=O)[C@H]2CC=CC[C@@H]2C1=O. The van der Waals surface area contributed by atoms with Crippen LogP contribution in [-0.2, 0) is 28.7 Å². The molecule has 2 rings (SSSR count). The van der Waals surface area contributed by atoms with Crippen LogP contribution in [0.4, 0.5) is 4.79 Å². The lowest BCUT2D eigenvalue weighted by Gasteiger charge is -2.16. The van der Waals surface area contributed by atoms with Crippen LogP contribution < -0.4 is 5.32 Å². The number of rotatable bonds is 4. The highest BCUT2D eigenvalue weighted by Gasteiger charge is 2.47. The van der Waals surface area contributed by atoms with Crippen molar-refractivity contribution in [1.82, 2.24) is 10.2 Å². The molecule has 1 heterocycles. The quantitative estimate of drug-likeness (QED) is 0.426. The molecule has 9 heteroatoms. The minimum Gasteiger partial charge on any atom is -0.453 e. The van der Waals surface area contributed by atoms with Crippen molar-refractivity contribution in [3.05, 3.63) is 12.2 Å². The molecule has 1 aliphatic carbocycles. The van der Waals surface area contributed by atoms with Crippen LogP contribution in [0.3, 0.4) is 0 Å². The summed E-state index contributed by atoms with van der Waals surface area (Å²) < 4.78 is 9.10. The third kappa shape index (κ3) is 3.61. The average molecular weight is 338 g/mol. The summed E-state index contributed by atoms with van der Waals surface area (Å²) in [5.74, 6) is -3.45. The summed E-state index contributed by atoms with van der Waals surface area (Å²) in [5, 5.41) is 1.85. The van der Waals surface area contributed by atoms with Gasteiger partial charge in [-0.2, -0.15) is 0 Å². The molecule has 0 aromatic heterocycles. The lowest BCUT2D eigenvalue weighted by molar-refractivity contribution is -0.159. The molecule has 0 aromatic carbocycles. The maximum Gasteiger partial charge on any atom is 0.413 e. The summed E-state index contributed by atoms with van der Waals surface area (Å²) in [6.45, 7) is 0.702.